The van der Waals surface area contributed by atoms with Crippen LogP contribution in [0.3, 0.4) is 0 Å². The maximum atomic E-state index is 12.1. The molecule has 2 N–H and O–H groups in total. The van der Waals surface area contributed by atoms with Crippen LogP contribution < -0.4 is 0 Å². The van der Waals surface area contributed by atoms with E-state index < -0.39 is 5.97 Å². The van der Waals surface area contributed by atoms with Crippen molar-refractivity contribution >= 4 is 35.0 Å². The van der Waals surface area contributed by atoms with Crippen molar-refractivity contribution in [3.8, 4) is 22.5 Å². The highest BCUT2D eigenvalue weighted by atomic mass is 35.5. The average molecular weight is 559 g/mol. The molecule has 39 heavy (non-hydrogen) atoms. The van der Waals surface area contributed by atoms with E-state index >= 15 is 0 Å². The largest absolute Gasteiger partial charge is 0.478 e. The fourth-order valence-corrected chi connectivity index (χ4v) is 5.44. The van der Waals surface area contributed by atoms with Crippen LogP contribution in [0.1, 0.15) is 41.7 Å². The molecule has 0 unspecified atom stereocenters. The SMILES string of the molecule is CCCCc1nc(Cl)c(C=C(Cc2cccs2)C(=O)O)n1Cc1ccc(-c2ccccc2-c2nn[nH]n2)cc1. The van der Waals surface area contributed by atoms with Gasteiger partial charge in [-0.25, -0.2) is 9.78 Å². The summed E-state index contributed by atoms with van der Waals surface area (Å²) in [5.41, 5.74) is 4.86. The number of carbonyl (C=O) groups is 1. The summed E-state index contributed by atoms with van der Waals surface area (Å²) in [7, 11) is 0. The van der Waals surface area contributed by atoms with Crippen LogP contribution in [-0.2, 0) is 24.2 Å². The molecule has 0 aliphatic rings. The number of aliphatic carboxylic acids is 1. The van der Waals surface area contributed by atoms with Gasteiger partial charge in [-0.1, -0.05) is 79.5 Å². The fraction of sp³-hybridized carbons (Fsp3) is 0.207. The number of benzene rings is 2. The van der Waals surface area contributed by atoms with Crippen molar-refractivity contribution in [2.75, 3.05) is 0 Å². The minimum atomic E-state index is -0.966. The molecule has 10 heteroatoms. The van der Waals surface area contributed by atoms with Crippen molar-refractivity contribution < 1.29 is 9.90 Å². The molecule has 198 valence electrons. The third-order valence-electron chi connectivity index (χ3n) is 6.44. The van der Waals surface area contributed by atoms with Gasteiger partial charge in [-0.15, -0.1) is 21.5 Å². The number of nitrogens with zero attached hydrogens (tertiary/aromatic N) is 5. The number of hydrogen-bond acceptors (Lipinski definition) is 6. The van der Waals surface area contributed by atoms with Crippen molar-refractivity contribution in [3.63, 3.8) is 0 Å². The van der Waals surface area contributed by atoms with Crippen molar-refractivity contribution in [2.24, 2.45) is 0 Å². The Labute approximate surface area is 235 Å². The molecule has 0 bridgehead atoms. The summed E-state index contributed by atoms with van der Waals surface area (Å²) >= 11 is 8.14. The Balaban J connectivity index is 1.48. The predicted octanol–water partition coefficient (Wildman–Crippen LogP) is 6.55. The van der Waals surface area contributed by atoms with Crippen LogP contribution in [-0.4, -0.2) is 41.3 Å². The van der Waals surface area contributed by atoms with E-state index in [1.807, 2.05) is 46.3 Å². The number of unbranched alkanes of at least 4 members (excludes halogenated alkanes) is 1. The Morgan fingerprint density at radius 1 is 1.10 bits per heavy atom. The monoisotopic (exact) mass is 558 g/mol. The molecule has 0 amide bonds. The van der Waals surface area contributed by atoms with Gasteiger partial charge in [-0.3, -0.25) is 0 Å². The van der Waals surface area contributed by atoms with Crippen molar-refractivity contribution in [3.05, 3.63) is 98.7 Å². The predicted molar refractivity (Wildman–Crippen MR) is 154 cm³/mol. The Morgan fingerprint density at radius 3 is 2.56 bits per heavy atom. The summed E-state index contributed by atoms with van der Waals surface area (Å²) in [6, 6.07) is 20.0. The zero-order valence-electron chi connectivity index (χ0n) is 21.3. The minimum absolute atomic E-state index is 0.274. The lowest BCUT2D eigenvalue weighted by atomic mass is 9.98. The van der Waals surface area contributed by atoms with Gasteiger partial charge in [0.05, 0.1) is 5.69 Å². The Hall–Kier alpha value is -4.08. The lowest BCUT2D eigenvalue weighted by Gasteiger charge is -2.13. The summed E-state index contributed by atoms with van der Waals surface area (Å²) < 4.78 is 2.04. The van der Waals surface area contributed by atoms with Gasteiger partial charge >= 0.3 is 5.97 Å². The third-order valence-corrected chi connectivity index (χ3v) is 7.60. The Kier molecular flexibility index (Phi) is 8.29. The van der Waals surface area contributed by atoms with E-state index in [4.69, 9.17) is 11.6 Å². The lowest BCUT2D eigenvalue weighted by Crippen LogP contribution is -2.09. The Morgan fingerprint density at radius 2 is 1.90 bits per heavy atom. The number of tetrazole rings is 1. The normalized spacial score (nSPS) is 11.7. The van der Waals surface area contributed by atoms with Gasteiger partial charge in [0.1, 0.15) is 5.82 Å². The zero-order valence-corrected chi connectivity index (χ0v) is 22.9. The van der Waals surface area contributed by atoms with Gasteiger partial charge in [-0.05, 0) is 45.8 Å². The Bertz CT molecular complexity index is 1570. The number of aromatic nitrogens is 6. The van der Waals surface area contributed by atoms with E-state index in [1.54, 1.807) is 6.08 Å². The molecule has 8 nitrogen and oxygen atoms in total. The quantitative estimate of drug-likeness (QED) is 0.178. The zero-order chi connectivity index (χ0) is 27.2. The summed E-state index contributed by atoms with van der Waals surface area (Å²) in [4.78, 5) is 17.7. The van der Waals surface area contributed by atoms with E-state index in [0.717, 1.165) is 52.2 Å². The fourth-order valence-electron chi connectivity index (χ4n) is 4.45. The molecular formula is C29H27ClN6O2S. The van der Waals surface area contributed by atoms with Crippen LogP contribution in [0.25, 0.3) is 28.6 Å². The van der Waals surface area contributed by atoms with Crippen LogP contribution in [0.5, 0.6) is 0 Å². The smallest absolute Gasteiger partial charge is 0.332 e. The number of H-pyrrole nitrogens is 1. The summed E-state index contributed by atoms with van der Waals surface area (Å²) in [6.45, 7) is 2.65. The number of thiophene rings is 1. The van der Waals surface area contributed by atoms with Crippen LogP contribution in [0.15, 0.2) is 71.6 Å². The van der Waals surface area contributed by atoms with Crippen LogP contribution in [0, 0.1) is 0 Å². The molecule has 0 fully saturated rings. The molecule has 0 aliphatic heterocycles. The molecule has 0 atom stereocenters. The minimum Gasteiger partial charge on any atom is -0.478 e. The second-order valence-electron chi connectivity index (χ2n) is 9.10. The molecule has 0 saturated heterocycles. The summed E-state index contributed by atoms with van der Waals surface area (Å²) in [5, 5.41) is 26.7. The first-order valence-corrected chi connectivity index (χ1v) is 13.9. The number of aromatic amines is 1. The maximum absolute atomic E-state index is 12.1. The average Bonchev–Trinajstić information content (AvgIpc) is 3.72. The molecule has 0 radical (unpaired) electrons. The second-order valence-corrected chi connectivity index (χ2v) is 10.5. The van der Waals surface area contributed by atoms with Crippen LogP contribution in [0.2, 0.25) is 5.15 Å². The van der Waals surface area contributed by atoms with E-state index in [-0.39, 0.29) is 5.57 Å². The first-order valence-electron chi connectivity index (χ1n) is 12.7. The van der Waals surface area contributed by atoms with E-state index in [9.17, 15) is 9.90 Å². The van der Waals surface area contributed by atoms with Gasteiger partial charge in [0.15, 0.2) is 5.15 Å². The molecule has 3 heterocycles. The van der Waals surface area contributed by atoms with E-state index in [2.05, 4.69) is 56.8 Å². The standard InChI is InChI=1S/C29H27ClN6O2S/c1-2-3-10-26-31-27(30)25(17-21(29(37)38)16-22-7-6-15-39-22)36(26)18-19-11-13-20(14-12-19)23-8-4-5-9-24(23)28-32-34-35-33-28/h4-9,11-15,17H,2-3,10,16,18H2,1H3,(H,37,38)(H,32,33,34,35). The number of aryl methyl sites for hydroxylation is 1. The molecule has 3 aromatic heterocycles. The summed E-state index contributed by atoms with van der Waals surface area (Å²) in [6.07, 6.45) is 4.73. The highest BCUT2D eigenvalue weighted by Crippen LogP contribution is 2.30. The number of carboxylic acid groups (broad SMARTS) is 1. The number of nitrogens with one attached hydrogen (secondary N) is 1. The molecule has 0 aliphatic carbocycles. The highest BCUT2D eigenvalue weighted by molar-refractivity contribution is 7.09. The van der Waals surface area contributed by atoms with Crippen LogP contribution in [0.4, 0.5) is 0 Å². The van der Waals surface area contributed by atoms with Gasteiger partial charge in [0, 0.05) is 35.4 Å². The van der Waals surface area contributed by atoms with Crippen molar-refractivity contribution in [1.82, 2.24) is 30.2 Å². The van der Waals surface area contributed by atoms with Gasteiger partial charge in [0.25, 0.3) is 0 Å². The van der Waals surface area contributed by atoms with E-state index in [1.165, 1.54) is 11.3 Å². The van der Waals surface area contributed by atoms with Crippen LogP contribution >= 0.6 is 22.9 Å². The van der Waals surface area contributed by atoms with Crippen molar-refractivity contribution in [1.29, 1.82) is 0 Å². The lowest BCUT2D eigenvalue weighted by molar-refractivity contribution is -0.132. The van der Waals surface area contributed by atoms with Gasteiger partial charge in [-0.2, -0.15) is 5.21 Å². The third kappa shape index (κ3) is 6.16. The molecular weight excluding hydrogens is 532 g/mol. The first kappa shape index (κ1) is 26.5. The molecule has 0 saturated carbocycles. The first-order chi connectivity index (χ1) is 19.0. The number of imidazole rings is 1. The highest BCUT2D eigenvalue weighted by Gasteiger charge is 2.18. The van der Waals surface area contributed by atoms with Gasteiger partial charge in [0.2, 0.25) is 5.82 Å². The number of rotatable bonds is 11. The molecule has 5 rings (SSSR count). The van der Waals surface area contributed by atoms with Crippen molar-refractivity contribution in [2.45, 2.75) is 39.2 Å². The number of carboxylic acids is 1. The second kappa shape index (κ2) is 12.2. The summed E-state index contributed by atoms with van der Waals surface area (Å²) in [5.74, 6) is 0.420. The van der Waals surface area contributed by atoms with E-state index in [0.29, 0.717) is 29.6 Å². The maximum Gasteiger partial charge on any atom is 0.332 e. The number of hydrogen-bond donors (Lipinski definition) is 2. The number of halogens is 1. The molecule has 0 spiro atoms. The van der Waals surface area contributed by atoms with Gasteiger partial charge < -0.3 is 9.67 Å². The molecule has 2 aromatic carbocycles. The molecule has 5 aromatic rings. The topological polar surface area (TPSA) is 110 Å².